The van der Waals surface area contributed by atoms with E-state index in [0.29, 0.717) is 5.02 Å². The summed E-state index contributed by atoms with van der Waals surface area (Å²) in [5, 5.41) is 0.525. The van der Waals surface area contributed by atoms with E-state index in [0.717, 1.165) is 25.8 Å². The van der Waals surface area contributed by atoms with Gasteiger partial charge in [0.05, 0.1) is 11.1 Å². The fourth-order valence-electron chi connectivity index (χ4n) is 2.31. The Kier molecular flexibility index (Phi) is 5.07. The lowest BCUT2D eigenvalue weighted by Gasteiger charge is -2.35. The largest absolute Gasteiger partial charge is 0.361 e. The zero-order valence-electron chi connectivity index (χ0n) is 11.4. The van der Waals surface area contributed by atoms with E-state index >= 15 is 0 Å². The molecule has 1 aromatic carbocycles. The number of benzene rings is 1. The number of rotatable bonds is 4. The number of halogens is 1. The minimum absolute atomic E-state index is 0.180. The van der Waals surface area contributed by atoms with E-state index in [1.54, 1.807) is 12.1 Å². The van der Waals surface area contributed by atoms with Crippen LogP contribution in [-0.2, 0) is 10.0 Å². The van der Waals surface area contributed by atoms with Gasteiger partial charge in [0.25, 0.3) is 0 Å². The highest BCUT2D eigenvalue weighted by Crippen LogP contribution is 2.19. The molecule has 0 aromatic heterocycles. The molecule has 20 heavy (non-hydrogen) atoms. The van der Waals surface area contributed by atoms with E-state index in [-0.39, 0.29) is 11.1 Å². The molecule has 110 valence electrons. The van der Waals surface area contributed by atoms with Crippen LogP contribution in [0.1, 0.15) is 26.2 Å². The monoisotopic (exact) mass is 314 g/mol. The predicted molar refractivity (Wildman–Crippen MR) is 80.9 cm³/mol. The van der Waals surface area contributed by atoms with Gasteiger partial charge in [-0.05, 0) is 56.7 Å². The molecule has 1 heterocycles. The fraction of sp³-hybridized carbons (Fsp3) is 0.429. The van der Waals surface area contributed by atoms with E-state index in [1.807, 2.05) is 24.1 Å². The second-order valence-corrected chi connectivity index (χ2v) is 6.96. The number of hydrogen-bond acceptors (Lipinski definition) is 3. The molecule has 0 amide bonds. The van der Waals surface area contributed by atoms with Gasteiger partial charge < -0.3 is 4.90 Å². The summed E-state index contributed by atoms with van der Waals surface area (Å²) in [5.41, 5.74) is 0. The first-order valence-electron chi connectivity index (χ1n) is 6.69. The molecule has 1 fully saturated rings. The molecule has 1 atom stereocenters. The lowest BCUT2D eigenvalue weighted by atomic mass is 10.1. The third-order valence-electron chi connectivity index (χ3n) is 3.30. The average Bonchev–Trinajstić information content (AvgIpc) is 2.41. The zero-order chi connectivity index (χ0) is 14.6. The Labute approximate surface area is 125 Å². The summed E-state index contributed by atoms with van der Waals surface area (Å²) in [5.74, 6) is 0. The molecule has 4 nitrogen and oxygen atoms in total. The topological polar surface area (TPSA) is 49.4 Å². The Hall–Kier alpha value is -1.04. The van der Waals surface area contributed by atoms with E-state index in [1.165, 1.54) is 12.1 Å². The van der Waals surface area contributed by atoms with Crippen molar-refractivity contribution in [3.63, 3.8) is 0 Å². The summed E-state index contributed by atoms with van der Waals surface area (Å²) in [7, 11) is -3.51. The van der Waals surface area contributed by atoms with Gasteiger partial charge in [0.15, 0.2) is 0 Å². The highest BCUT2D eigenvalue weighted by Gasteiger charge is 2.25. The molecule has 1 N–H and O–H groups in total. The Morgan fingerprint density at radius 2 is 2.00 bits per heavy atom. The van der Waals surface area contributed by atoms with Crippen LogP contribution in [0.3, 0.4) is 0 Å². The Morgan fingerprint density at radius 3 is 2.65 bits per heavy atom. The van der Waals surface area contributed by atoms with E-state index < -0.39 is 10.0 Å². The second-order valence-electron chi connectivity index (χ2n) is 4.81. The maximum absolute atomic E-state index is 12.4. The number of hydrogen-bond donors (Lipinski definition) is 1. The first-order chi connectivity index (χ1) is 9.53. The predicted octanol–water partition coefficient (Wildman–Crippen LogP) is 2.96. The van der Waals surface area contributed by atoms with Gasteiger partial charge in [0.1, 0.15) is 0 Å². The van der Waals surface area contributed by atoms with Gasteiger partial charge >= 0.3 is 0 Å². The standard InChI is InChI=1S/C14H19ClN2O2S/c1-2-10-17-11-4-3-5-14(17)16-20(18,19)13-8-6-12(15)7-9-13/h2,6-10,14,16H,3-5,11H2,1H3/b10-2+. The summed E-state index contributed by atoms with van der Waals surface area (Å²) >= 11 is 5.79. The van der Waals surface area contributed by atoms with Crippen LogP contribution in [0.4, 0.5) is 0 Å². The number of piperidine rings is 1. The number of nitrogens with zero attached hydrogens (tertiary/aromatic N) is 1. The fourth-order valence-corrected chi connectivity index (χ4v) is 3.68. The van der Waals surface area contributed by atoms with Crippen molar-refractivity contribution in [3.8, 4) is 0 Å². The van der Waals surface area contributed by atoms with Crippen molar-refractivity contribution in [2.45, 2.75) is 37.2 Å². The molecule has 2 rings (SSSR count). The summed E-state index contributed by atoms with van der Waals surface area (Å²) < 4.78 is 27.5. The molecule has 0 spiro atoms. The molecular formula is C14H19ClN2O2S. The zero-order valence-corrected chi connectivity index (χ0v) is 13.0. The van der Waals surface area contributed by atoms with Crippen LogP contribution in [0.5, 0.6) is 0 Å². The van der Waals surface area contributed by atoms with Crippen molar-refractivity contribution >= 4 is 21.6 Å². The Bertz CT molecular complexity index is 569. The highest BCUT2D eigenvalue weighted by molar-refractivity contribution is 7.89. The number of nitrogens with one attached hydrogen (secondary N) is 1. The normalized spacial score (nSPS) is 20.5. The van der Waals surface area contributed by atoms with Crippen LogP contribution in [0.2, 0.25) is 5.02 Å². The van der Waals surface area contributed by atoms with Crippen molar-refractivity contribution in [2.75, 3.05) is 6.54 Å². The Balaban J connectivity index is 2.16. The van der Waals surface area contributed by atoms with Crippen LogP contribution in [0.15, 0.2) is 41.4 Å². The van der Waals surface area contributed by atoms with Gasteiger partial charge in [-0.3, -0.25) is 0 Å². The molecule has 1 saturated heterocycles. The van der Waals surface area contributed by atoms with Gasteiger partial charge in [0.2, 0.25) is 10.0 Å². The maximum Gasteiger partial charge on any atom is 0.242 e. The Morgan fingerprint density at radius 1 is 1.30 bits per heavy atom. The van der Waals surface area contributed by atoms with E-state index in [4.69, 9.17) is 11.6 Å². The first kappa shape index (κ1) is 15.4. The van der Waals surface area contributed by atoms with Gasteiger partial charge in [-0.25, -0.2) is 8.42 Å². The molecule has 1 aliphatic heterocycles. The van der Waals surface area contributed by atoms with Gasteiger partial charge in [-0.2, -0.15) is 4.72 Å². The van der Waals surface area contributed by atoms with Gasteiger partial charge in [-0.15, -0.1) is 0 Å². The van der Waals surface area contributed by atoms with Crippen LogP contribution >= 0.6 is 11.6 Å². The van der Waals surface area contributed by atoms with Crippen molar-refractivity contribution in [1.82, 2.24) is 9.62 Å². The summed E-state index contributed by atoms with van der Waals surface area (Å²) in [6.45, 7) is 2.80. The first-order valence-corrected chi connectivity index (χ1v) is 8.55. The number of allylic oxidation sites excluding steroid dienone is 1. The molecular weight excluding hydrogens is 296 g/mol. The average molecular weight is 315 g/mol. The molecule has 1 aliphatic rings. The molecule has 0 radical (unpaired) electrons. The second kappa shape index (κ2) is 6.61. The van der Waals surface area contributed by atoms with Crippen molar-refractivity contribution in [1.29, 1.82) is 0 Å². The maximum atomic E-state index is 12.4. The molecule has 6 heteroatoms. The smallest absolute Gasteiger partial charge is 0.242 e. The minimum Gasteiger partial charge on any atom is -0.361 e. The van der Waals surface area contributed by atoms with E-state index in [2.05, 4.69) is 4.72 Å². The van der Waals surface area contributed by atoms with Crippen LogP contribution in [-0.4, -0.2) is 26.0 Å². The molecule has 0 bridgehead atoms. The third-order valence-corrected chi connectivity index (χ3v) is 5.03. The lowest BCUT2D eigenvalue weighted by Crippen LogP contribution is -2.48. The van der Waals surface area contributed by atoms with Crippen LogP contribution in [0, 0.1) is 0 Å². The minimum atomic E-state index is -3.51. The lowest BCUT2D eigenvalue weighted by molar-refractivity contribution is 0.201. The summed E-state index contributed by atoms with van der Waals surface area (Å²) in [6.07, 6.45) is 6.62. The van der Waals surface area contributed by atoms with Crippen molar-refractivity contribution < 1.29 is 8.42 Å². The summed E-state index contributed by atoms with van der Waals surface area (Å²) in [4.78, 5) is 2.28. The SMILES string of the molecule is C/C=C/N1CCCCC1NS(=O)(=O)c1ccc(Cl)cc1. The molecule has 1 unspecified atom stereocenters. The number of sulfonamides is 1. The third kappa shape index (κ3) is 3.75. The molecule has 0 aliphatic carbocycles. The van der Waals surface area contributed by atoms with Gasteiger partial charge in [-0.1, -0.05) is 17.7 Å². The molecule has 0 saturated carbocycles. The highest BCUT2D eigenvalue weighted by atomic mass is 35.5. The van der Waals surface area contributed by atoms with Crippen molar-refractivity contribution in [3.05, 3.63) is 41.6 Å². The van der Waals surface area contributed by atoms with Crippen molar-refractivity contribution in [2.24, 2.45) is 0 Å². The van der Waals surface area contributed by atoms with Crippen LogP contribution in [0.25, 0.3) is 0 Å². The van der Waals surface area contributed by atoms with Crippen LogP contribution < -0.4 is 4.72 Å². The van der Waals surface area contributed by atoms with Gasteiger partial charge in [0, 0.05) is 11.6 Å². The molecule has 1 aromatic rings. The quantitative estimate of drug-likeness (QED) is 0.929. The number of likely N-dealkylation sites (tertiary alicyclic amines) is 1. The van der Waals surface area contributed by atoms with E-state index in [9.17, 15) is 8.42 Å². The summed E-state index contributed by atoms with van der Waals surface area (Å²) in [6, 6.07) is 6.21.